The lowest BCUT2D eigenvalue weighted by atomic mass is 10.0. The van der Waals surface area contributed by atoms with E-state index in [-0.39, 0.29) is 41.8 Å². The second-order valence-electron chi connectivity index (χ2n) is 5.85. The fraction of sp³-hybridized carbons (Fsp3) is 0.846. The number of sulfone groups is 1. The number of likely N-dealkylation sites (tertiary alicyclic amines) is 1. The fourth-order valence-corrected chi connectivity index (χ4v) is 4.39. The average Bonchev–Trinajstić information content (AvgIpc) is 2.37. The molecule has 0 bridgehead atoms. The van der Waals surface area contributed by atoms with Crippen molar-refractivity contribution in [2.45, 2.75) is 38.3 Å². The van der Waals surface area contributed by atoms with Gasteiger partial charge in [0.15, 0.2) is 9.84 Å². The van der Waals surface area contributed by atoms with Gasteiger partial charge in [-0.05, 0) is 12.8 Å². The first-order valence-electron chi connectivity index (χ1n) is 7.34. The van der Waals surface area contributed by atoms with E-state index >= 15 is 0 Å². The van der Waals surface area contributed by atoms with Crippen molar-refractivity contribution < 1.29 is 18.0 Å². The maximum Gasteiger partial charge on any atom is 0.224 e. The lowest BCUT2D eigenvalue weighted by molar-refractivity contribution is -0.133. The Labute approximate surface area is 125 Å². The molecule has 0 spiro atoms. The Morgan fingerprint density at radius 2 is 2.14 bits per heavy atom. The molecule has 2 N–H and O–H groups in total. The number of hydrogen-bond acceptors (Lipinski definition) is 5. The topological polar surface area (TPSA) is 95.6 Å². The minimum absolute atomic E-state index is 0.00301. The highest BCUT2D eigenvalue weighted by Gasteiger charge is 2.29. The Hall–Kier alpha value is -1.15. The van der Waals surface area contributed by atoms with Crippen LogP contribution in [0, 0.1) is 0 Å². The zero-order valence-corrected chi connectivity index (χ0v) is 13.1. The molecule has 21 heavy (non-hydrogen) atoms. The third kappa shape index (κ3) is 4.96. The van der Waals surface area contributed by atoms with Crippen LogP contribution >= 0.6 is 0 Å². The third-order valence-electron chi connectivity index (χ3n) is 3.90. The first-order chi connectivity index (χ1) is 9.85. The van der Waals surface area contributed by atoms with E-state index in [9.17, 15) is 18.0 Å². The van der Waals surface area contributed by atoms with Crippen LogP contribution < -0.4 is 10.6 Å². The molecule has 0 radical (unpaired) electrons. The maximum atomic E-state index is 12.3. The van der Waals surface area contributed by atoms with Crippen molar-refractivity contribution in [3.63, 3.8) is 0 Å². The molecule has 0 aromatic heterocycles. The summed E-state index contributed by atoms with van der Waals surface area (Å²) in [5, 5.41) is 5.93. The van der Waals surface area contributed by atoms with Crippen molar-refractivity contribution in [3.8, 4) is 0 Å². The molecule has 2 saturated heterocycles. The molecule has 2 aliphatic heterocycles. The predicted molar refractivity (Wildman–Crippen MR) is 78.5 cm³/mol. The highest BCUT2D eigenvalue weighted by molar-refractivity contribution is 7.91. The van der Waals surface area contributed by atoms with E-state index in [1.165, 1.54) is 6.92 Å². The first kappa shape index (κ1) is 16.2. The van der Waals surface area contributed by atoms with Gasteiger partial charge in [0.1, 0.15) is 0 Å². The second-order valence-corrected chi connectivity index (χ2v) is 8.08. The van der Waals surface area contributed by atoms with Crippen molar-refractivity contribution in [2.24, 2.45) is 0 Å². The number of carbonyl (C=O) groups excluding carboxylic acids is 2. The summed E-state index contributed by atoms with van der Waals surface area (Å²) in [6.07, 6.45) is 1.93. The molecule has 120 valence electrons. The van der Waals surface area contributed by atoms with E-state index in [2.05, 4.69) is 10.6 Å². The number of piperidine rings is 1. The minimum atomic E-state index is -3.03. The maximum absolute atomic E-state index is 12.3. The molecule has 2 unspecified atom stereocenters. The van der Waals surface area contributed by atoms with Crippen molar-refractivity contribution >= 4 is 21.7 Å². The van der Waals surface area contributed by atoms with Crippen LogP contribution in [0.2, 0.25) is 0 Å². The molecule has 2 heterocycles. The molecule has 2 rings (SSSR count). The quantitative estimate of drug-likeness (QED) is 0.688. The van der Waals surface area contributed by atoms with Crippen LogP contribution in [0.25, 0.3) is 0 Å². The molecular formula is C13H23N3O4S. The summed E-state index contributed by atoms with van der Waals surface area (Å²) < 4.78 is 23.2. The predicted octanol–water partition coefficient (Wildman–Crippen LogP) is -1.11. The number of nitrogens with one attached hydrogen (secondary N) is 2. The number of carbonyl (C=O) groups is 2. The highest BCUT2D eigenvalue weighted by atomic mass is 32.2. The van der Waals surface area contributed by atoms with Crippen LogP contribution in [0.3, 0.4) is 0 Å². The Morgan fingerprint density at radius 1 is 1.38 bits per heavy atom. The molecule has 0 aromatic carbocycles. The molecule has 8 heteroatoms. The van der Waals surface area contributed by atoms with Gasteiger partial charge in [0, 0.05) is 45.1 Å². The summed E-state index contributed by atoms with van der Waals surface area (Å²) in [7, 11) is -3.03. The Balaban J connectivity index is 1.86. The molecule has 2 fully saturated rings. The van der Waals surface area contributed by atoms with Gasteiger partial charge in [0.25, 0.3) is 0 Å². The highest BCUT2D eigenvalue weighted by Crippen LogP contribution is 2.13. The van der Waals surface area contributed by atoms with Gasteiger partial charge >= 0.3 is 0 Å². The Bertz CT molecular complexity index is 506. The van der Waals surface area contributed by atoms with Gasteiger partial charge in [-0.25, -0.2) is 8.42 Å². The largest absolute Gasteiger partial charge is 0.352 e. The average molecular weight is 317 g/mol. The zero-order valence-electron chi connectivity index (χ0n) is 12.3. The molecule has 0 aromatic rings. The Kier molecular flexibility index (Phi) is 5.21. The van der Waals surface area contributed by atoms with E-state index in [4.69, 9.17) is 0 Å². The van der Waals surface area contributed by atoms with Crippen LogP contribution in [-0.2, 0) is 19.4 Å². The summed E-state index contributed by atoms with van der Waals surface area (Å²) in [6, 6.07) is -0.291. The summed E-state index contributed by atoms with van der Waals surface area (Å²) in [5.41, 5.74) is 0. The van der Waals surface area contributed by atoms with E-state index in [0.29, 0.717) is 19.6 Å². The van der Waals surface area contributed by atoms with E-state index in [1.54, 1.807) is 4.90 Å². The van der Waals surface area contributed by atoms with Crippen LogP contribution in [0.15, 0.2) is 0 Å². The summed E-state index contributed by atoms with van der Waals surface area (Å²) in [4.78, 5) is 25.1. The van der Waals surface area contributed by atoms with Crippen LogP contribution in [-0.4, -0.2) is 68.4 Å². The number of hydrogen-bond donors (Lipinski definition) is 2. The molecule has 7 nitrogen and oxygen atoms in total. The van der Waals surface area contributed by atoms with Gasteiger partial charge in [-0.15, -0.1) is 0 Å². The molecule has 2 aliphatic rings. The monoisotopic (exact) mass is 317 g/mol. The van der Waals surface area contributed by atoms with Gasteiger partial charge in [0.2, 0.25) is 11.8 Å². The lowest BCUT2D eigenvalue weighted by Crippen LogP contribution is -2.52. The normalized spacial score (nSPS) is 28.9. The van der Waals surface area contributed by atoms with Gasteiger partial charge < -0.3 is 15.5 Å². The summed E-state index contributed by atoms with van der Waals surface area (Å²) >= 11 is 0. The van der Waals surface area contributed by atoms with E-state index in [0.717, 1.165) is 12.8 Å². The van der Waals surface area contributed by atoms with Crippen molar-refractivity contribution in [2.75, 3.05) is 31.1 Å². The second kappa shape index (κ2) is 6.74. The van der Waals surface area contributed by atoms with Crippen molar-refractivity contribution in [3.05, 3.63) is 0 Å². The number of rotatable bonds is 3. The standard InChI is InChI=1S/C13H23N3O4S/c1-10(17)15-11-3-2-5-16(8-11)13(18)7-12-9-21(19,20)6-4-14-12/h11-12,14H,2-9H2,1H3,(H,15,17). The minimum Gasteiger partial charge on any atom is -0.352 e. The van der Waals surface area contributed by atoms with E-state index < -0.39 is 9.84 Å². The fourth-order valence-electron chi connectivity index (χ4n) is 2.95. The molecule has 0 saturated carbocycles. The number of amides is 2. The zero-order chi connectivity index (χ0) is 15.5. The van der Waals surface area contributed by atoms with Crippen molar-refractivity contribution in [1.29, 1.82) is 0 Å². The SMILES string of the molecule is CC(=O)NC1CCCN(C(=O)CC2CS(=O)(=O)CCN2)C1. The van der Waals surface area contributed by atoms with Gasteiger partial charge in [-0.3, -0.25) is 9.59 Å². The smallest absolute Gasteiger partial charge is 0.224 e. The van der Waals surface area contributed by atoms with Gasteiger partial charge in [-0.1, -0.05) is 0 Å². The van der Waals surface area contributed by atoms with Gasteiger partial charge in [0.05, 0.1) is 11.5 Å². The molecule has 0 aliphatic carbocycles. The summed E-state index contributed by atoms with van der Waals surface area (Å²) in [5.74, 6) is 0.0438. The van der Waals surface area contributed by atoms with Crippen molar-refractivity contribution in [1.82, 2.24) is 15.5 Å². The van der Waals surface area contributed by atoms with Crippen LogP contribution in [0.1, 0.15) is 26.2 Å². The van der Waals surface area contributed by atoms with Gasteiger partial charge in [-0.2, -0.15) is 0 Å². The van der Waals surface area contributed by atoms with E-state index in [1.807, 2.05) is 0 Å². The first-order valence-corrected chi connectivity index (χ1v) is 9.16. The van der Waals surface area contributed by atoms with Crippen LogP contribution in [0.5, 0.6) is 0 Å². The third-order valence-corrected chi connectivity index (χ3v) is 5.64. The number of nitrogens with zero attached hydrogens (tertiary/aromatic N) is 1. The molecule has 2 amide bonds. The summed E-state index contributed by atoms with van der Waals surface area (Å²) in [6.45, 7) is 3.07. The van der Waals surface area contributed by atoms with Crippen LogP contribution in [0.4, 0.5) is 0 Å². The molecular weight excluding hydrogens is 294 g/mol. The lowest BCUT2D eigenvalue weighted by Gasteiger charge is -2.34. The Morgan fingerprint density at radius 3 is 2.81 bits per heavy atom. The molecule has 2 atom stereocenters.